The van der Waals surface area contributed by atoms with Gasteiger partial charge in [0.2, 0.25) is 0 Å². The Morgan fingerprint density at radius 1 is 1.28 bits per heavy atom. The number of nitrogens with one attached hydrogen (secondary N) is 1. The molecule has 4 nitrogen and oxygen atoms in total. The lowest BCUT2D eigenvalue weighted by molar-refractivity contribution is 0.888. The third-order valence-electron chi connectivity index (χ3n) is 2.52. The second-order valence-electron chi connectivity index (χ2n) is 3.87. The van der Waals surface area contributed by atoms with Gasteiger partial charge in [0, 0.05) is 17.4 Å². The number of hydrazine groups is 1. The van der Waals surface area contributed by atoms with Gasteiger partial charge >= 0.3 is 0 Å². The average Bonchev–Trinajstić information content (AvgIpc) is 2.41. The van der Waals surface area contributed by atoms with Crippen LogP contribution in [0, 0.1) is 6.92 Å². The van der Waals surface area contributed by atoms with Gasteiger partial charge in [0.15, 0.2) is 0 Å². The molecule has 0 radical (unpaired) electrons. The first-order chi connectivity index (χ1) is 8.72. The minimum Gasteiger partial charge on any atom is -0.308 e. The Morgan fingerprint density at radius 3 is 2.72 bits per heavy atom. The number of aryl methyl sites for hydroxylation is 2. The topological polar surface area (TPSA) is 63.8 Å². The molecule has 0 aliphatic heterocycles. The summed E-state index contributed by atoms with van der Waals surface area (Å²) in [5, 5.41) is 0.907. The van der Waals surface area contributed by atoms with Gasteiger partial charge in [-0.25, -0.2) is 15.8 Å². The Bertz CT molecular complexity index is 520. The number of hydrogen-bond donors (Lipinski definition) is 2. The van der Waals surface area contributed by atoms with E-state index < -0.39 is 0 Å². The first-order valence-corrected chi connectivity index (χ1v) is 6.62. The van der Waals surface area contributed by atoms with Crippen molar-refractivity contribution in [2.45, 2.75) is 30.2 Å². The zero-order valence-electron chi connectivity index (χ0n) is 10.5. The van der Waals surface area contributed by atoms with Crippen molar-refractivity contribution in [2.24, 2.45) is 5.84 Å². The van der Waals surface area contributed by atoms with Crippen molar-refractivity contribution in [3.8, 4) is 0 Å². The highest BCUT2D eigenvalue weighted by molar-refractivity contribution is 7.99. The fourth-order valence-corrected chi connectivity index (χ4v) is 2.46. The number of benzene rings is 1. The van der Waals surface area contributed by atoms with Crippen molar-refractivity contribution < 1.29 is 0 Å². The number of hydrogen-bond acceptors (Lipinski definition) is 5. The molecule has 0 aliphatic carbocycles. The number of nitrogens with two attached hydrogens (primary N) is 1. The van der Waals surface area contributed by atoms with Gasteiger partial charge in [-0.05, 0) is 18.6 Å². The maximum atomic E-state index is 5.42. The highest BCUT2D eigenvalue weighted by atomic mass is 32.2. The molecule has 18 heavy (non-hydrogen) atoms. The van der Waals surface area contributed by atoms with Crippen LogP contribution in [-0.2, 0) is 6.42 Å². The van der Waals surface area contributed by atoms with Gasteiger partial charge in [0.1, 0.15) is 16.7 Å². The van der Waals surface area contributed by atoms with Crippen LogP contribution in [0.3, 0.4) is 0 Å². The van der Waals surface area contributed by atoms with Crippen molar-refractivity contribution in [3.05, 3.63) is 41.7 Å². The van der Waals surface area contributed by atoms with E-state index >= 15 is 0 Å². The Balaban J connectivity index is 2.31. The Kier molecular flexibility index (Phi) is 4.17. The van der Waals surface area contributed by atoms with Gasteiger partial charge in [-0.15, -0.1) is 0 Å². The van der Waals surface area contributed by atoms with Crippen molar-refractivity contribution in [3.63, 3.8) is 0 Å². The van der Waals surface area contributed by atoms with Gasteiger partial charge < -0.3 is 5.43 Å². The summed E-state index contributed by atoms with van der Waals surface area (Å²) in [5.41, 5.74) is 3.82. The lowest BCUT2D eigenvalue weighted by atomic mass is 10.2. The molecule has 2 rings (SSSR count). The summed E-state index contributed by atoms with van der Waals surface area (Å²) in [6, 6.07) is 10.1. The van der Waals surface area contributed by atoms with Gasteiger partial charge in [-0.2, -0.15) is 0 Å². The van der Waals surface area contributed by atoms with E-state index in [0.717, 1.165) is 17.3 Å². The largest absolute Gasteiger partial charge is 0.308 e. The van der Waals surface area contributed by atoms with Crippen molar-refractivity contribution in [1.82, 2.24) is 9.97 Å². The molecular weight excluding hydrogens is 244 g/mol. The first kappa shape index (κ1) is 12.9. The molecule has 5 heteroatoms. The lowest BCUT2D eigenvalue weighted by Gasteiger charge is -2.07. The van der Waals surface area contributed by atoms with E-state index in [2.05, 4.69) is 34.5 Å². The van der Waals surface area contributed by atoms with Crippen LogP contribution in [0.2, 0.25) is 0 Å². The number of anilines is 1. The van der Waals surface area contributed by atoms with Crippen LogP contribution in [-0.4, -0.2) is 9.97 Å². The summed E-state index contributed by atoms with van der Waals surface area (Å²) in [6.07, 6.45) is 0.789. The van der Waals surface area contributed by atoms with Crippen LogP contribution in [0.1, 0.15) is 18.3 Å². The summed E-state index contributed by atoms with van der Waals surface area (Å²) in [5.74, 6) is 6.86. The van der Waals surface area contributed by atoms with Gasteiger partial charge in [-0.3, -0.25) is 0 Å². The van der Waals surface area contributed by atoms with Crippen LogP contribution in [0.15, 0.2) is 40.3 Å². The molecule has 0 fully saturated rings. The van der Waals surface area contributed by atoms with Gasteiger partial charge in [0.05, 0.1) is 0 Å². The summed E-state index contributed by atoms with van der Waals surface area (Å²) >= 11 is 1.63. The van der Waals surface area contributed by atoms with Crippen LogP contribution in [0.5, 0.6) is 0 Å². The quantitative estimate of drug-likeness (QED) is 0.503. The van der Waals surface area contributed by atoms with Crippen molar-refractivity contribution in [2.75, 3.05) is 5.43 Å². The molecule has 0 spiro atoms. The molecule has 0 atom stereocenters. The van der Waals surface area contributed by atoms with E-state index in [1.165, 1.54) is 10.5 Å². The predicted molar refractivity (Wildman–Crippen MR) is 74.5 cm³/mol. The van der Waals surface area contributed by atoms with Crippen LogP contribution < -0.4 is 11.3 Å². The normalized spacial score (nSPS) is 10.4. The fraction of sp³-hybridized carbons (Fsp3) is 0.231. The molecular formula is C13H16N4S. The summed E-state index contributed by atoms with van der Waals surface area (Å²) < 4.78 is 0. The minimum absolute atomic E-state index is 0.651. The van der Waals surface area contributed by atoms with Crippen molar-refractivity contribution >= 4 is 17.6 Å². The Labute approximate surface area is 111 Å². The predicted octanol–water partition coefficient (Wildman–Crippen LogP) is 2.78. The van der Waals surface area contributed by atoms with Crippen LogP contribution in [0.25, 0.3) is 0 Å². The average molecular weight is 260 g/mol. The SMILES string of the molecule is CCc1nc(NN)cc(Sc2ccccc2C)n1. The number of nitrogens with zero attached hydrogens (tertiary/aromatic N) is 2. The molecule has 0 bridgehead atoms. The van der Waals surface area contributed by atoms with Crippen LogP contribution in [0.4, 0.5) is 5.82 Å². The fourth-order valence-electron chi connectivity index (χ4n) is 1.54. The Hall–Kier alpha value is -1.59. The molecule has 0 amide bonds. The maximum Gasteiger partial charge on any atom is 0.144 e. The monoisotopic (exact) mass is 260 g/mol. The first-order valence-electron chi connectivity index (χ1n) is 5.81. The van der Waals surface area contributed by atoms with Gasteiger partial charge in [-0.1, -0.05) is 36.9 Å². The molecule has 94 valence electrons. The molecule has 1 aromatic carbocycles. The molecule has 0 saturated carbocycles. The zero-order chi connectivity index (χ0) is 13.0. The Morgan fingerprint density at radius 2 is 2.06 bits per heavy atom. The van der Waals surface area contributed by atoms with E-state index in [4.69, 9.17) is 5.84 Å². The van der Waals surface area contributed by atoms with E-state index in [-0.39, 0.29) is 0 Å². The van der Waals surface area contributed by atoms with Gasteiger partial charge in [0.25, 0.3) is 0 Å². The summed E-state index contributed by atoms with van der Waals surface area (Å²) in [4.78, 5) is 9.96. The maximum absolute atomic E-state index is 5.42. The molecule has 2 aromatic rings. The highest BCUT2D eigenvalue weighted by Gasteiger charge is 2.06. The smallest absolute Gasteiger partial charge is 0.144 e. The molecule has 1 heterocycles. The third kappa shape index (κ3) is 3.00. The number of rotatable bonds is 4. The second kappa shape index (κ2) is 5.84. The zero-order valence-corrected chi connectivity index (χ0v) is 11.3. The van der Waals surface area contributed by atoms with E-state index in [1.54, 1.807) is 11.8 Å². The minimum atomic E-state index is 0.651. The number of aromatic nitrogens is 2. The van der Waals surface area contributed by atoms with E-state index in [1.807, 2.05) is 25.1 Å². The molecule has 3 N–H and O–H groups in total. The summed E-state index contributed by atoms with van der Waals surface area (Å²) in [7, 11) is 0. The van der Waals surface area contributed by atoms with E-state index in [0.29, 0.717) is 5.82 Å². The van der Waals surface area contributed by atoms with Crippen molar-refractivity contribution in [1.29, 1.82) is 0 Å². The lowest BCUT2D eigenvalue weighted by Crippen LogP contribution is -2.10. The summed E-state index contributed by atoms with van der Waals surface area (Å²) in [6.45, 7) is 4.12. The molecule has 1 aromatic heterocycles. The molecule has 0 saturated heterocycles. The molecule has 0 unspecified atom stereocenters. The standard InChI is InChI=1S/C13H16N4S/c1-3-11-15-12(17-14)8-13(16-11)18-10-7-5-4-6-9(10)2/h4-8H,3,14H2,1-2H3,(H,15,16,17). The van der Waals surface area contributed by atoms with Crippen LogP contribution >= 0.6 is 11.8 Å². The number of nitrogen functional groups attached to an aromatic ring is 1. The highest BCUT2D eigenvalue weighted by Crippen LogP contribution is 2.29. The van der Waals surface area contributed by atoms with E-state index in [9.17, 15) is 0 Å². The third-order valence-corrected chi connectivity index (χ3v) is 3.62. The molecule has 0 aliphatic rings. The second-order valence-corrected chi connectivity index (χ2v) is 4.94.